The standard InChI is InChI=1S/C25H23NO3/c26-15-17-5-3-7-20(11-17)23-13-18(12-19-8-4-9-22(19)23)16-29-24-10-2-1-6-21(24)14-25(27)28/h1-7,9-13H,8,14-16,26H2,(H,27,28). The second kappa shape index (κ2) is 8.33. The van der Waals surface area contributed by atoms with E-state index >= 15 is 0 Å². The fraction of sp³-hybridized carbons (Fsp3) is 0.160. The summed E-state index contributed by atoms with van der Waals surface area (Å²) in [6.07, 6.45) is 5.20. The van der Waals surface area contributed by atoms with E-state index in [1.165, 1.54) is 16.7 Å². The molecule has 4 rings (SSSR count). The number of carbonyl (C=O) groups is 1. The fourth-order valence-corrected chi connectivity index (χ4v) is 3.75. The van der Waals surface area contributed by atoms with Gasteiger partial charge in [-0.15, -0.1) is 0 Å². The molecule has 0 atom stereocenters. The van der Waals surface area contributed by atoms with Gasteiger partial charge < -0.3 is 15.6 Å². The summed E-state index contributed by atoms with van der Waals surface area (Å²) in [7, 11) is 0. The highest BCUT2D eigenvalue weighted by Crippen LogP contribution is 2.34. The Hall–Kier alpha value is -3.37. The molecular formula is C25H23NO3. The van der Waals surface area contributed by atoms with Crippen molar-refractivity contribution in [1.82, 2.24) is 0 Å². The minimum atomic E-state index is -0.869. The zero-order valence-electron chi connectivity index (χ0n) is 16.1. The lowest BCUT2D eigenvalue weighted by molar-refractivity contribution is -0.136. The van der Waals surface area contributed by atoms with Crippen molar-refractivity contribution in [3.05, 3.63) is 94.6 Å². The molecule has 0 saturated carbocycles. The first kappa shape index (κ1) is 19.0. The Bertz CT molecular complexity index is 1090. The molecule has 0 aromatic heterocycles. The highest BCUT2D eigenvalue weighted by molar-refractivity contribution is 5.80. The van der Waals surface area contributed by atoms with Gasteiger partial charge in [-0.2, -0.15) is 0 Å². The number of aliphatic carboxylic acids is 1. The number of carboxylic acids is 1. The van der Waals surface area contributed by atoms with Crippen molar-refractivity contribution in [2.24, 2.45) is 5.73 Å². The minimum Gasteiger partial charge on any atom is -0.489 e. The van der Waals surface area contributed by atoms with Gasteiger partial charge in [-0.25, -0.2) is 0 Å². The SMILES string of the molecule is NCc1cccc(-c2cc(COc3ccccc3CC(=O)O)cc3c2C=CC3)c1. The summed E-state index contributed by atoms with van der Waals surface area (Å²) < 4.78 is 6.02. The highest BCUT2D eigenvalue weighted by atomic mass is 16.5. The molecule has 1 aliphatic carbocycles. The Balaban J connectivity index is 1.64. The number of rotatable bonds is 7. The molecule has 29 heavy (non-hydrogen) atoms. The van der Waals surface area contributed by atoms with Gasteiger partial charge in [0.05, 0.1) is 6.42 Å². The third kappa shape index (κ3) is 4.23. The van der Waals surface area contributed by atoms with Crippen molar-refractivity contribution in [3.8, 4) is 16.9 Å². The van der Waals surface area contributed by atoms with Crippen LogP contribution >= 0.6 is 0 Å². The first-order valence-corrected chi connectivity index (χ1v) is 9.68. The molecule has 0 bridgehead atoms. The van der Waals surface area contributed by atoms with E-state index in [9.17, 15) is 4.79 Å². The molecule has 1 aliphatic rings. The average molecular weight is 385 g/mol. The lowest BCUT2D eigenvalue weighted by Crippen LogP contribution is -2.04. The molecule has 0 amide bonds. The number of hydrogen-bond donors (Lipinski definition) is 2. The van der Waals surface area contributed by atoms with Crippen LogP contribution in [0, 0.1) is 0 Å². The van der Waals surface area contributed by atoms with Crippen molar-refractivity contribution < 1.29 is 14.6 Å². The van der Waals surface area contributed by atoms with Crippen molar-refractivity contribution in [3.63, 3.8) is 0 Å². The molecule has 0 heterocycles. The maximum Gasteiger partial charge on any atom is 0.307 e. The zero-order valence-corrected chi connectivity index (χ0v) is 16.1. The summed E-state index contributed by atoms with van der Waals surface area (Å²) in [5.41, 5.74) is 13.5. The van der Waals surface area contributed by atoms with Crippen LogP contribution in [0.1, 0.15) is 27.8 Å². The predicted octanol–water partition coefficient (Wildman–Crippen LogP) is 4.59. The number of ether oxygens (including phenoxy) is 1. The third-order valence-corrected chi connectivity index (χ3v) is 5.13. The molecule has 0 fully saturated rings. The number of nitrogens with two attached hydrogens (primary N) is 1. The molecule has 0 spiro atoms. The molecule has 0 unspecified atom stereocenters. The smallest absolute Gasteiger partial charge is 0.307 e. The monoisotopic (exact) mass is 385 g/mol. The number of hydrogen-bond acceptors (Lipinski definition) is 3. The summed E-state index contributed by atoms with van der Waals surface area (Å²) in [5, 5.41) is 9.12. The van der Waals surface area contributed by atoms with E-state index in [2.05, 4.69) is 36.4 Å². The van der Waals surface area contributed by atoms with Crippen LogP contribution in [0.25, 0.3) is 17.2 Å². The molecule has 4 nitrogen and oxygen atoms in total. The van der Waals surface area contributed by atoms with Gasteiger partial charge in [0.25, 0.3) is 0 Å². The van der Waals surface area contributed by atoms with E-state index < -0.39 is 5.97 Å². The molecule has 3 N–H and O–H groups in total. The third-order valence-electron chi connectivity index (χ3n) is 5.13. The van der Waals surface area contributed by atoms with E-state index in [4.69, 9.17) is 15.6 Å². The predicted molar refractivity (Wildman–Crippen MR) is 115 cm³/mol. The van der Waals surface area contributed by atoms with Gasteiger partial charge in [-0.1, -0.05) is 54.6 Å². The van der Waals surface area contributed by atoms with Gasteiger partial charge in [0.2, 0.25) is 0 Å². The van der Waals surface area contributed by atoms with Crippen molar-refractivity contribution in [2.75, 3.05) is 0 Å². The topological polar surface area (TPSA) is 72.5 Å². The van der Waals surface area contributed by atoms with Crippen molar-refractivity contribution >= 4 is 12.0 Å². The summed E-state index contributed by atoms with van der Waals surface area (Å²) in [5.74, 6) is -0.257. The molecule has 0 saturated heterocycles. The molecule has 0 aliphatic heterocycles. The number of benzene rings is 3. The Morgan fingerprint density at radius 3 is 2.72 bits per heavy atom. The van der Waals surface area contributed by atoms with Gasteiger partial charge in [0.15, 0.2) is 0 Å². The van der Waals surface area contributed by atoms with Crippen LogP contribution in [-0.4, -0.2) is 11.1 Å². The Labute approximate surface area is 170 Å². The maximum atomic E-state index is 11.1. The summed E-state index contributed by atoms with van der Waals surface area (Å²) in [4.78, 5) is 11.1. The van der Waals surface area contributed by atoms with E-state index in [-0.39, 0.29) is 6.42 Å². The summed E-state index contributed by atoms with van der Waals surface area (Å²) in [6, 6.07) is 19.9. The lowest BCUT2D eigenvalue weighted by Gasteiger charge is -2.15. The second-order valence-electron chi connectivity index (χ2n) is 7.19. The molecular weight excluding hydrogens is 362 g/mol. The quantitative estimate of drug-likeness (QED) is 0.624. The first-order chi connectivity index (χ1) is 14.1. The van der Waals surface area contributed by atoms with Gasteiger partial charge in [-0.05, 0) is 58.0 Å². The van der Waals surface area contributed by atoms with Crippen LogP contribution in [0.15, 0.2) is 66.7 Å². The Morgan fingerprint density at radius 2 is 1.90 bits per heavy atom. The summed E-state index contributed by atoms with van der Waals surface area (Å²) in [6.45, 7) is 0.891. The van der Waals surface area contributed by atoms with Crippen LogP contribution in [0.4, 0.5) is 0 Å². The normalized spacial score (nSPS) is 12.0. The van der Waals surface area contributed by atoms with Crippen LogP contribution in [0.5, 0.6) is 5.75 Å². The first-order valence-electron chi connectivity index (χ1n) is 9.68. The number of allylic oxidation sites excluding steroid dienone is 1. The van der Waals surface area contributed by atoms with Crippen LogP contribution in [-0.2, 0) is 30.8 Å². The van der Waals surface area contributed by atoms with Gasteiger partial charge in [-0.3, -0.25) is 4.79 Å². The van der Waals surface area contributed by atoms with Gasteiger partial charge in [0, 0.05) is 12.1 Å². The largest absolute Gasteiger partial charge is 0.489 e. The van der Waals surface area contributed by atoms with E-state index in [0.717, 1.165) is 23.1 Å². The fourth-order valence-electron chi connectivity index (χ4n) is 3.75. The number of fused-ring (bicyclic) bond motifs is 1. The zero-order chi connectivity index (χ0) is 20.2. The van der Waals surface area contributed by atoms with Crippen molar-refractivity contribution in [2.45, 2.75) is 26.0 Å². The Morgan fingerprint density at radius 1 is 1.03 bits per heavy atom. The number of para-hydroxylation sites is 1. The maximum absolute atomic E-state index is 11.1. The van der Waals surface area contributed by atoms with Crippen LogP contribution in [0.2, 0.25) is 0 Å². The summed E-state index contributed by atoms with van der Waals surface area (Å²) >= 11 is 0. The highest BCUT2D eigenvalue weighted by Gasteiger charge is 2.15. The molecule has 3 aromatic carbocycles. The minimum absolute atomic E-state index is 0.0542. The second-order valence-corrected chi connectivity index (χ2v) is 7.19. The average Bonchev–Trinajstić information content (AvgIpc) is 3.21. The number of carboxylic acid groups (broad SMARTS) is 1. The van der Waals surface area contributed by atoms with Crippen molar-refractivity contribution in [1.29, 1.82) is 0 Å². The van der Waals surface area contributed by atoms with E-state index in [1.54, 1.807) is 6.07 Å². The molecule has 0 radical (unpaired) electrons. The molecule has 3 aromatic rings. The van der Waals surface area contributed by atoms with E-state index in [0.29, 0.717) is 24.5 Å². The van der Waals surface area contributed by atoms with E-state index in [1.807, 2.05) is 30.3 Å². The van der Waals surface area contributed by atoms with Crippen LogP contribution in [0.3, 0.4) is 0 Å². The van der Waals surface area contributed by atoms with Crippen LogP contribution < -0.4 is 10.5 Å². The molecule has 4 heteroatoms. The van der Waals surface area contributed by atoms with Gasteiger partial charge >= 0.3 is 5.97 Å². The molecule has 146 valence electrons. The Kier molecular flexibility index (Phi) is 5.45. The lowest BCUT2D eigenvalue weighted by atomic mass is 9.93. The van der Waals surface area contributed by atoms with Gasteiger partial charge in [0.1, 0.15) is 12.4 Å².